The molecule has 1 amide bonds. The van der Waals surface area contributed by atoms with E-state index in [0.29, 0.717) is 29.3 Å². The number of benzene rings is 1. The fourth-order valence-corrected chi connectivity index (χ4v) is 2.28. The van der Waals surface area contributed by atoms with Crippen LogP contribution < -0.4 is 5.32 Å². The van der Waals surface area contributed by atoms with E-state index in [-0.39, 0.29) is 5.91 Å². The Bertz CT molecular complexity index is 439. The highest BCUT2D eigenvalue weighted by Crippen LogP contribution is 2.19. The first kappa shape index (κ1) is 14.9. The predicted molar refractivity (Wildman–Crippen MR) is 80.1 cm³/mol. The highest BCUT2D eigenvalue weighted by atomic mass is 127. The summed E-state index contributed by atoms with van der Waals surface area (Å²) in [4.78, 5) is 11.7. The number of carbonyl (C=O) groups is 1. The van der Waals surface area contributed by atoms with Crippen molar-refractivity contribution in [1.82, 2.24) is 5.32 Å². The summed E-state index contributed by atoms with van der Waals surface area (Å²) in [6.45, 7) is 0.530. The lowest BCUT2D eigenvalue weighted by Gasteiger charge is -2.05. The van der Waals surface area contributed by atoms with Crippen molar-refractivity contribution in [3.8, 4) is 0 Å². The lowest BCUT2D eigenvalue weighted by atomic mass is 10.2. The minimum absolute atomic E-state index is 0.148. The van der Waals surface area contributed by atoms with Gasteiger partial charge in [-0.25, -0.2) is 0 Å². The van der Waals surface area contributed by atoms with Crippen LogP contribution in [0, 0.1) is 3.57 Å². The molecule has 0 aromatic heterocycles. The lowest BCUT2D eigenvalue weighted by molar-refractivity contribution is 0.0953. The van der Waals surface area contributed by atoms with Crippen molar-refractivity contribution in [2.75, 3.05) is 18.6 Å². The van der Waals surface area contributed by atoms with Crippen molar-refractivity contribution >= 4 is 50.9 Å². The molecule has 0 bridgehead atoms. The van der Waals surface area contributed by atoms with Gasteiger partial charge < -0.3 is 5.32 Å². The second-order valence-corrected chi connectivity index (χ2v) is 6.64. The molecule has 94 valence electrons. The summed E-state index contributed by atoms with van der Waals surface area (Å²) in [7, 11) is -0.805. The van der Waals surface area contributed by atoms with Crippen LogP contribution in [0.25, 0.3) is 0 Å². The molecule has 0 saturated carbocycles. The van der Waals surface area contributed by atoms with Gasteiger partial charge in [-0.3, -0.25) is 9.00 Å². The van der Waals surface area contributed by atoms with E-state index in [9.17, 15) is 9.00 Å². The largest absolute Gasteiger partial charge is 0.352 e. The van der Waals surface area contributed by atoms with Gasteiger partial charge >= 0.3 is 0 Å². The van der Waals surface area contributed by atoms with E-state index in [1.54, 1.807) is 24.5 Å². The molecule has 6 heteroatoms. The van der Waals surface area contributed by atoms with Crippen molar-refractivity contribution in [3.63, 3.8) is 0 Å². The van der Waals surface area contributed by atoms with Gasteiger partial charge in [0.05, 0.1) is 5.02 Å². The van der Waals surface area contributed by atoms with Crippen LogP contribution in [-0.4, -0.2) is 28.7 Å². The highest BCUT2D eigenvalue weighted by Gasteiger charge is 2.07. The maximum atomic E-state index is 11.7. The Morgan fingerprint density at radius 2 is 2.24 bits per heavy atom. The average molecular weight is 386 g/mol. The van der Waals surface area contributed by atoms with Crippen molar-refractivity contribution in [1.29, 1.82) is 0 Å². The molecular weight excluding hydrogens is 373 g/mol. The van der Waals surface area contributed by atoms with Crippen LogP contribution in [0.15, 0.2) is 18.2 Å². The summed E-state index contributed by atoms with van der Waals surface area (Å²) in [5.74, 6) is 0.457. The molecule has 1 rings (SSSR count). The molecule has 0 radical (unpaired) electrons. The molecule has 17 heavy (non-hydrogen) atoms. The molecule has 0 aliphatic rings. The van der Waals surface area contributed by atoms with E-state index in [4.69, 9.17) is 11.6 Å². The van der Waals surface area contributed by atoms with Gasteiger partial charge in [-0.15, -0.1) is 0 Å². The summed E-state index contributed by atoms with van der Waals surface area (Å²) in [5, 5.41) is 3.34. The van der Waals surface area contributed by atoms with E-state index in [1.165, 1.54) is 0 Å². The fraction of sp³-hybridized carbons (Fsp3) is 0.364. The number of halogens is 2. The predicted octanol–water partition coefficient (Wildman–Crippen LogP) is 2.44. The third-order valence-electron chi connectivity index (χ3n) is 2.08. The van der Waals surface area contributed by atoms with Crippen LogP contribution in [0.5, 0.6) is 0 Å². The molecule has 0 fully saturated rings. The first-order valence-corrected chi connectivity index (χ1v) is 8.22. The summed E-state index contributed by atoms with van der Waals surface area (Å²) >= 11 is 8.04. The minimum atomic E-state index is -0.805. The number of carbonyl (C=O) groups excluding carboxylic acids is 1. The van der Waals surface area contributed by atoms with Crippen molar-refractivity contribution in [3.05, 3.63) is 32.4 Å². The van der Waals surface area contributed by atoms with Crippen molar-refractivity contribution in [2.24, 2.45) is 0 Å². The van der Waals surface area contributed by atoms with Gasteiger partial charge in [0.2, 0.25) is 0 Å². The lowest BCUT2D eigenvalue weighted by Crippen LogP contribution is -2.25. The smallest absolute Gasteiger partial charge is 0.251 e. The van der Waals surface area contributed by atoms with Gasteiger partial charge in [-0.05, 0) is 47.2 Å². The molecular formula is C11H13ClINO2S. The van der Waals surface area contributed by atoms with Gasteiger partial charge in [-0.2, -0.15) is 0 Å². The number of amides is 1. The van der Waals surface area contributed by atoms with Crippen molar-refractivity contribution < 1.29 is 9.00 Å². The molecule has 1 N–H and O–H groups in total. The number of nitrogens with one attached hydrogen (secondary N) is 1. The third-order valence-corrected chi connectivity index (χ3v) is 4.51. The zero-order valence-electron chi connectivity index (χ0n) is 9.33. The van der Waals surface area contributed by atoms with Gasteiger partial charge in [0.25, 0.3) is 5.91 Å². The quantitative estimate of drug-likeness (QED) is 0.625. The zero-order valence-corrected chi connectivity index (χ0v) is 13.1. The standard InChI is InChI=1S/C11H13ClINO2S/c1-17(16)6-2-5-14-11(15)8-3-4-10(13)9(12)7-8/h3-4,7H,2,5-6H2,1H3,(H,14,15). The van der Waals surface area contributed by atoms with E-state index >= 15 is 0 Å². The summed E-state index contributed by atoms with van der Waals surface area (Å²) < 4.78 is 11.7. The second kappa shape index (κ2) is 7.33. The van der Waals surface area contributed by atoms with Gasteiger partial charge in [0.1, 0.15) is 0 Å². The molecule has 0 aliphatic carbocycles. The van der Waals surface area contributed by atoms with Crippen LogP contribution in [-0.2, 0) is 10.8 Å². The van der Waals surface area contributed by atoms with Crippen LogP contribution in [0.1, 0.15) is 16.8 Å². The van der Waals surface area contributed by atoms with Gasteiger partial charge in [0, 0.05) is 38.5 Å². The maximum Gasteiger partial charge on any atom is 0.251 e. The van der Waals surface area contributed by atoms with Crippen LogP contribution in [0.2, 0.25) is 5.02 Å². The Labute approximate surface area is 122 Å². The Balaban J connectivity index is 2.47. The molecule has 3 nitrogen and oxygen atoms in total. The normalized spacial score (nSPS) is 12.2. The summed E-state index contributed by atoms with van der Waals surface area (Å²) in [6, 6.07) is 5.19. The SMILES string of the molecule is CS(=O)CCCNC(=O)c1ccc(I)c(Cl)c1. The summed E-state index contributed by atoms with van der Waals surface area (Å²) in [5.41, 5.74) is 0.549. The molecule has 1 unspecified atom stereocenters. The molecule has 0 spiro atoms. The van der Waals surface area contributed by atoms with Gasteiger partial charge in [-0.1, -0.05) is 11.6 Å². The molecule has 1 atom stereocenters. The van der Waals surface area contributed by atoms with Gasteiger partial charge in [0.15, 0.2) is 0 Å². The molecule has 0 saturated heterocycles. The van der Waals surface area contributed by atoms with Crippen LogP contribution >= 0.6 is 34.2 Å². The Morgan fingerprint density at radius 1 is 1.53 bits per heavy atom. The van der Waals surface area contributed by atoms with Crippen LogP contribution in [0.3, 0.4) is 0 Å². The Hall–Kier alpha value is -0.140. The number of hydrogen-bond acceptors (Lipinski definition) is 2. The first-order chi connectivity index (χ1) is 8.00. The Kier molecular flexibility index (Phi) is 6.43. The second-order valence-electron chi connectivity index (χ2n) is 3.52. The molecule has 1 aromatic carbocycles. The van der Waals surface area contributed by atoms with E-state index in [0.717, 1.165) is 3.57 Å². The summed E-state index contributed by atoms with van der Waals surface area (Å²) in [6.07, 6.45) is 2.37. The van der Waals surface area contributed by atoms with E-state index in [1.807, 2.05) is 0 Å². The number of hydrogen-bond donors (Lipinski definition) is 1. The topological polar surface area (TPSA) is 46.2 Å². The maximum absolute atomic E-state index is 11.7. The fourth-order valence-electron chi connectivity index (χ4n) is 1.22. The van der Waals surface area contributed by atoms with Crippen LogP contribution in [0.4, 0.5) is 0 Å². The van der Waals surface area contributed by atoms with E-state index < -0.39 is 10.8 Å². The number of rotatable bonds is 5. The zero-order chi connectivity index (χ0) is 12.8. The van der Waals surface area contributed by atoms with Crippen molar-refractivity contribution in [2.45, 2.75) is 6.42 Å². The molecule has 0 heterocycles. The molecule has 0 aliphatic heterocycles. The average Bonchev–Trinajstić information content (AvgIpc) is 2.27. The minimum Gasteiger partial charge on any atom is -0.352 e. The highest BCUT2D eigenvalue weighted by molar-refractivity contribution is 14.1. The third kappa shape index (κ3) is 5.35. The monoisotopic (exact) mass is 385 g/mol. The Morgan fingerprint density at radius 3 is 2.82 bits per heavy atom. The van der Waals surface area contributed by atoms with E-state index in [2.05, 4.69) is 27.9 Å². The molecule has 1 aromatic rings. The first-order valence-electron chi connectivity index (χ1n) is 5.04.